The van der Waals surface area contributed by atoms with Crippen molar-refractivity contribution in [3.8, 4) is 22.3 Å². The summed E-state index contributed by atoms with van der Waals surface area (Å²) in [5, 5.41) is 32.4. The Balaban J connectivity index is 0.000000131. The van der Waals surface area contributed by atoms with E-state index in [4.69, 9.17) is 0 Å². The van der Waals surface area contributed by atoms with Crippen molar-refractivity contribution in [1.29, 1.82) is 0 Å². The average Bonchev–Trinajstić information content (AvgIpc) is 1.76. The maximum Gasteiger partial charge on any atom is 0.416 e. The lowest BCUT2D eigenvalue weighted by atomic mass is 10.0. The van der Waals surface area contributed by atoms with Crippen LogP contribution in [0.1, 0.15) is 111 Å². The Hall–Kier alpha value is -17.6. The van der Waals surface area contributed by atoms with E-state index in [1.807, 2.05) is 119 Å². The lowest BCUT2D eigenvalue weighted by Gasteiger charge is -2.10. The van der Waals surface area contributed by atoms with E-state index >= 15 is 0 Å². The fourth-order valence-corrected chi connectivity index (χ4v) is 15.2. The number of hydrogen-bond acceptors (Lipinski definition) is 24. The van der Waals surface area contributed by atoms with E-state index in [9.17, 15) is 52.7 Å². The second-order valence-corrected chi connectivity index (χ2v) is 33.4. The third-order valence-corrected chi connectivity index (χ3v) is 22.6. The smallest absolute Gasteiger partial charge is 0.354 e. The van der Waals surface area contributed by atoms with Crippen LogP contribution < -0.4 is 43.0 Å². The zero-order valence-corrected chi connectivity index (χ0v) is 76.6. The molecule has 24 nitrogen and oxygen atoms in total. The Bertz CT molecular complexity index is 7680. The molecule has 20 rings (SSSR count). The normalized spacial score (nSPS) is 12.8. The molecule has 0 aliphatic heterocycles. The zero-order valence-electron chi connectivity index (χ0n) is 76.6. The molecule has 2 saturated carbocycles. The summed E-state index contributed by atoms with van der Waals surface area (Å²) < 4.78 is 155. The van der Waals surface area contributed by atoms with E-state index < -0.39 is 47.0 Å². The van der Waals surface area contributed by atoms with Gasteiger partial charge >= 0.3 is 24.7 Å². The maximum absolute atomic E-state index is 12.9. The number of aromatic nitrogens is 12. The Morgan fingerprint density at radius 2 is 0.629 bits per heavy atom. The molecule has 0 bridgehead atoms. The molecule has 143 heavy (non-hydrogen) atoms. The van der Waals surface area contributed by atoms with E-state index in [0.29, 0.717) is 98.0 Å². The lowest BCUT2D eigenvalue weighted by Crippen LogP contribution is -2.05. The van der Waals surface area contributed by atoms with Crippen molar-refractivity contribution in [2.24, 2.45) is 26.3 Å². The Morgan fingerprint density at radius 1 is 0.287 bits per heavy atom. The minimum absolute atomic E-state index is 0.318. The number of nitrogens with one attached hydrogen (secondary N) is 8. The van der Waals surface area contributed by atoms with Crippen LogP contribution in [0.3, 0.4) is 0 Å². The quantitative estimate of drug-likeness (QED) is 0.0150. The summed E-state index contributed by atoms with van der Waals surface area (Å²) in [6, 6.07) is 78.5. The number of alkyl halides is 12. The monoisotopic (exact) mass is 1930 g/mol. The highest BCUT2D eigenvalue weighted by atomic mass is 19.4. The minimum Gasteiger partial charge on any atom is -0.354 e. The molecular formula is C107H86F12N24. The first-order chi connectivity index (χ1) is 68.9. The predicted octanol–water partition coefficient (Wildman–Crippen LogP) is 27.3. The van der Waals surface area contributed by atoms with E-state index in [2.05, 4.69) is 166 Å². The van der Waals surface area contributed by atoms with E-state index in [0.717, 1.165) is 150 Å². The molecule has 2 fully saturated rings. The van der Waals surface area contributed by atoms with Crippen molar-refractivity contribution in [2.45, 2.75) is 90.4 Å². The third kappa shape index (κ3) is 26.5. The standard InChI is InChI=1S/2C28H21F3N6.C26H23F3N6.C25H21F3N6/c1-18-24-11-6-12-25(19-7-3-2-4-8-19)26(24)36-27(34-18)37-33-17-22-13-14-23(16-32-22)35-21-10-5-9-20(15-21)28(29,30)31;1-18-25-13-10-20(19-6-3-2-4-7-19)14-26(25)36-27(34-18)37-33-17-23-11-12-24(16-32-23)35-22-9-5-8-21(15-22)28(29,30)31;1-16-23-10-7-18(11-17-5-6-17)12-24(23)34-25(32-16)35-31-15-21-8-9-22(14-30-21)33-20-4-2-3-19(13-20)26(27,28)29;1-15-22-10-7-17(16-5-6-16)11-23(22)33-24(31-15)34-30-14-20-8-9-21(13-29-20)32-19-4-2-3-18(12-19)25(26,27)28/h2*2-17,35H,1H3,(H,34,36,37);2-4,7-10,12-15,17,33H,5-6,11H2,1H3,(H,32,34,35);2-4,7-14,16,32H,5-6H2,1H3,(H,31,33,34)/b2*33-17+;31-15+;30-14+. The summed E-state index contributed by atoms with van der Waals surface area (Å²) in [4.78, 5) is 53.5. The first-order valence-electron chi connectivity index (χ1n) is 44.9. The zero-order chi connectivity index (χ0) is 99.8. The van der Waals surface area contributed by atoms with Gasteiger partial charge in [-0.15, -0.1) is 0 Å². The number of fused-ring (bicyclic) bond motifs is 4. The SMILES string of the molecule is Cc1nc(N/N=C/c2ccc(Nc3cccc(C(F)(F)F)c3)cn2)nc2c(-c3ccccc3)cccc12.Cc1nc(N/N=C/c2ccc(Nc3cccc(C(F)(F)F)c3)cn2)nc2cc(-c3ccccc3)ccc12.Cc1nc(N/N=C/c2ccc(Nc3cccc(C(F)(F)F)c3)cn2)nc2cc(C3CC3)ccc12.Cc1nc(N/N=C/c2ccc(Nc3cccc(C(F)(F)F)c3)cn2)nc2cc(CC3CC3)ccc12. The third-order valence-electron chi connectivity index (χ3n) is 22.6. The van der Waals surface area contributed by atoms with Crippen molar-refractivity contribution >= 4 is 138 Å². The molecule has 0 atom stereocenters. The molecule has 2 aliphatic rings. The van der Waals surface area contributed by atoms with E-state index in [1.54, 1.807) is 72.8 Å². The van der Waals surface area contributed by atoms with Crippen molar-refractivity contribution in [2.75, 3.05) is 43.0 Å². The fourth-order valence-electron chi connectivity index (χ4n) is 15.2. The van der Waals surface area contributed by atoms with Gasteiger partial charge in [-0.2, -0.15) is 73.1 Å². The molecule has 0 unspecified atom stereocenters. The highest BCUT2D eigenvalue weighted by molar-refractivity contribution is 5.96. The van der Waals surface area contributed by atoms with Gasteiger partial charge in [-0.3, -0.25) is 19.9 Å². The first kappa shape index (κ1) is 97.1. The van der Waals surface area contributed by atoms with Crippen LogP contribution in [0.25, 0.3) is 65.9 Å². The van der Waals surface area contributed by atoms with Gasteiger partial charge in [-0.05, 0) is 239 Å². The Kier molecular flexibility index (Phi) is 29.3. The Labute approximate surface area is 810 Å². The molecule has 10 aromatic carbocycles. The number of halogens is 12. The molecule has 0 radical (unpaired) electrons. The number of para-hydroxylation sites is 1. The topological polar surface area (TPSA) is 300 Å². The number of anilines is 12. The van der Waals surface area contributed by atoms with Gasteiger partial charge in [-0.1, -0.05) is 140 Å². The number of pyridine rings is 4. The number of aryl methyl sites for hydroxylation is 4. The van der Waals surface area contributed by atoms with Gasteiger partial charge in [0.25, 0.3) is 0 Å². The summed E-state index contributed by atoms with van der Waals surface area (Å²) in [7, 11) is 0. The summed E-state index contributed by atoms with van der Waals surface area (Å²) in [6.07, 6.45) is 0.729. The van der Waals surface area contributed by atoms with Gasteiger partial charge in [0.05, 0.1) is 162 Å². The molecule has 0 saturated heterocycles. The van der Waals surface area contributed by atoms with Gasteiger partial charge in [0, 0.05) is 49.9 Å². The highest BCUT2D eigenvalue weighted by Crippen LogP contribution is 2.43. The maximum atomic E-state index is 12.9. The van der Waals surface area contributed by atoms with Crippen LogP contribution in [-0.4, -0.2) is 84.7 Å². The molecule has 8 heterocycles. The van der Waals surface area contributed by atoms with Crippen LogP contribution in [0, 0.1) is 33.6 Å². The van der Waals surface area contributed by atoms with Crippen LogP contribution in [-0.2, 0) is 31.1 Å². The molecule has 8 N–H and O–H groups in total. The number of hydrogen-bond donors (Lipinski definition) is 8. The highest BCUT2D eigenvalue weighted by Gasteiger charge is 2.34. The molecule has 0 spiro atoms. The lowest BCUT2D eigenvalue weighted by molar-refractivity contribution is -0.138. The summed E-state index contributed by atoms with van der Waals surface area (Å²) in [5.41, 5.74) is 27.9. The van der Waals surface area contributed by atoms with E-state index in [-0.39, 0.29) is 0 Å². The first-order valence-corrected chi connectivity index (χ1v) is 44.9. The summed E-state index contributed by atoms with van der Waals surface area (Å²) in [5.74, 6) is 2.96. The summed E-state index contributed by atoms with van der Waals surface area (Å²) in [6.45, 7) is 7.72. The van der Waals surface area contributed by atoms with Crippen molar-refractivity contribution in [3.63, 3.8) is 0 Å². The molecule has 36 heteroatoms. The van der Waals surface area contributed by atoms with Crippen LogP contribution in [0.15, 0.2) is 324 Å². The van der Waals surface area contributed by atoms with Crippen molar-refractivity contribution < 1.29 is 52.7 Å². The second kappa shape index (κ2) is 43.2. The summed E-state index contributed by atoms with van der Waals surface area (Å²) >= 11 is 0. The van der Waals surface area contributed by atoms with Crippen LogP contribution in [0.2, 0.25) is 0 Å². The average molecular weight is 1940 g/mol. The number of benzene rings is 10. The second-order valence-electron chi connectivity index (χ2n) is 33.4. The van der Waals surface area contributed by atoms with Gasteiger partial charge in [0.1, 0.15) is 0 Å². The fraction of sp³-hybridized carbons (Fsp3) is 0.140. The molecular weight excluding hydrogens is 1850 g/mol. The molecule has 8 aromatic heterocycles. The molecule has 2 aliphatic carbocycles. The van der Waals surface area contributed by atoms with Crippen molar-refractivity contribution in [3.05, 3.63) is 383 Å². The number of nitrogens with zero attached hydrogens (tertiary/aromatic N) is 16. The van der Waals surface area contributed by atoms with Gasteiger partial charge in [-0.25, -0.2) is 61.6 Å². The number of rotatable bonds is 25. The van der Waals surface area contributed by atoms with Gasteiger partial charge in [0.2, 0.25) is 23.8 Å². The van der Waals surface area contributed by atoms with Crippen molar-refractivity contribution in [1.82, 2.24) is 59.8 Å². The van der Waals surface area contributed by atoms with Gasteiger partial charge in [0.15, 0.2) is 0 Å². The molecule has 0 amide bonds. The van der Waals surface area contributed by atoms with Crippen LogP contribution >= 0.6 is 0 Å². The van der Waals surface area contributed by atoms with Gasteiger partial charge < -0.3 is 21.3 Å². The largest absolute Gasteiger partial charge is 0.416 e. The Morgan fingerprint density at radius 3 is 0.993 bits per heavy atom. The minimum atomic E-state index is -4.40. The molecule has 18 aromatic rings. The van der Waals surface area contributed by atoms with Crippen LogP contribution in [0.4, 0.5) is 122 Å². The molecule has 718 valence electrons. The van der Waals surface area contributed by atoms with E-state index in [1.165, 1.54) is 111 Å². The number of hydrazone groups is 4. The predicted molar refractivity (Wildman–Crippen MR) is 537 cm³/mol. The van der Waals surface area contributed by atoms with Crippen LogP contribution in [0.5, 0.6) is 0 Å².